The van der Waals surface area contributed by atoms with E-state index >= 15 is 0 Å². The van der Waals surface area contributed by atoms with Gasteiger partial charge in [-0.2, -0.15) is 0 Å². The number of esters is 1. The molecule has 3 aromatic rings. The van der Waals surface area contributed by atoms with Gasteiger partial charge in [-0.25, -0.2) is 9.78 Å². The Hall–Kier alpha value is -2.60. The summed E-state index contributed by atoms with van der Waals surface area (Å²) in [6.07, 6.45) is 4.39. The van der Waals surface area contributed by atoms with Crippen LogP contribution in [0.2, 0.25) is 0 Å². The summed E-state index contributed by atoms with van der Waals surface area (Å²) in [5.74, 6) is -0.237. The van der Waals surface area contributed by atoms with Gasteiger partial charge in [-0.3, -0.25) is 4.79 Å². The molecule has 4 saturated heterocycles. The standard InChI is InChI=1S/C37H44O6P/c1-26-21-22-32-27(2)34(40-35-37(32)31(26)23-24-36(3,41-35)42-43-37)39-33(38)20-13-25-44(28-14-7-4-8-15-28,29-16-9-5-10-17-29)30-18-11-6-12-19-30/h4-12,14-19,26-27,31-32,34-35H,13,20-25H2,1-3H3/q+1/t26-,27-,31+,32+,34-,35-,36-,37-/m1/s1. The number of hydrogen-bond donors (Lipinski definition) is 0. The second kappa shape index (κ2) is 12.0. The molecule has 7 heteroatoms. The Labute approximate surface area is 261 Å². The van der Waals surface area contributed by atoms with E-state index in [4.69, 9.17) is 24.0 Å². The van der Waals surface area contributed by atoms with Crippen LogP contribution >= 0.6 is 7.26 Å². The molecule has 0 radical (unpaired) electrons. The zero-order valence-corrected chi connectivity index (χ0v) is 26.9. The first-order chi connectivity index (χ1) is 21.4. The van der Waals surface area contributed by atoms with Crippen molar-refractivity contribution in [3.63, 3.8) is 0 Å². The maximum atomic E-state index is 13.5. The third kappa shape index (κ3) is 5.04. The second-order valence-electron chi connectivity index (χ2n) is 13.4. The normalized spacial score (nSPS) is 34.5. The minimum Gasteiger partial charge on any atom is -0.435 e. The third-order valence-corrected chi connectivity index (χ3v) is 15.3. The summed E-state index contributed by atoms with van der Waals surface area (Å²) >= 11 is 0. The van der Waals surface area contributed by atoms with E-state index in [0.717, 1.165) is 31.8 Å². The van der Waals surface area contributed by atoms with Crippen LogP contribution in [0.1, 0.15) is 59.3 Å². The zero-order chi connectivity index (χ0) is 30.4. The molecule has 4 aliphatic heterocycles. The van der Waals surface area contributed by atoms with Crippen molar-refractivity contribution in [2.75, 3.05) is 6.16 Å². The van der Waals surface area contributed by atoms with Crippen LogP contribution in [-0.4, -0.2) is 36.1 Å². The molecule has 8 atom stereocenters. The van der Waals surface area contributed by atoms with Gasteiger partial charge in [0.25, 0.3) is 0 Å². The highest BCUT2D eigenvalue weighted by Gasteiger charge is 2.69. The molecule has 2 bridgehead atoms. The number of carbonyl (C=O) groups is 1. The number of rotatable bonds is 8. The molecule has 8 rings (SSSR count). The average Bonchev–Trinajstić information content (AvgIpc) is 3.29. The highest BCUT2D eigenvalue weighted by molar-refractivity contribution is 7.95. The van der Waals surface area contributed by atoms with E-state index in [1.807, 2.05) is 6.92 Å². The monoisotopic (exact) mass is 615 g/mol. The lowest BCUT2D eigenvalue weighted by molar-refractivity contribution is -0.576. The Morgan fingerprint density at radius 3 is 2.00 bits per heavy atom. The van der Waals surface area contributed by atoms with E-state index in [-0.39, 0.29) is 23.7 Å². The lowest BCUT2D eigenvalue weighted by Gasteiger charge is -2.59. The summed E-state index contributed by atoms with van der Waals surface area (Å²) in [4.78, 5) is 25.7. The molecule has 5 aliphatic rings. The molecule has 5 fully saturated rings. The minimum atomic E-state index is -2.01. The highest BCUT2D eigenvalue weighted by Crippen LogP contribution is 2.61. The van der Waals surface area contributed by atoms with E-state index in [1.54, 1.807) is 0 Å². The third-order valence-electron chi connectivity index (χ3n) is 10.8. The van der Waals surface area contributed by atoms with E-state index < -0.39 is 31.2 Å². The van der Waals surface area contributed by atoms with E-state index in [0.29, 0.717) is 18.8 Å². The molecular weight excluding hydrogens is 571 g/mol. The number of ether oxygens (including phenoxy) is 3. The van der Waals surface area contributed by atoms with Gasteiger partial charge in [-0.15, -0.1) is 0 Å². The lowest BCUT2D eigenvalue weighted by Crippen LogP contribution is -2.70. The van der Waals surface area contributed by atoms with Crippen LogP contribution in [0, 0.1) is 23.7 Å². The van der Waals surface area contributed by atoms with Crippen molar-refractivity contribution in [1.29, 1.82) is 0 Å². The number of benzene rings is 3. The maximum absolute atomic E-state index is 13.5. The molecule has 4 heterocycles. The Balaban J connectivity index is 1.10. The smallest absolute Gasteiger partial charge is 0.308 e. The first-order valence-corrected chi connectivity index (χ1v) is 18.3. The van der Waals surface area contributed by atoms with Crippen LogP contribution in [0.15, 0.2) is 91.0 Å². The molecule has 0 unspecified atom stereocenters. The van der Waals surface area contributed by atoms with E-state index in [9.17, 15) is 4.79 Å². The van der Waals surface area contributed by atoms with Crippen molar-refractivity contribution in [1.82, 2.24) is 0 Å². The van der Waals surface area contributed by atoms with Crippen molar-refractivity contribution in [3.8, 4) is 0 Å². The molecule has 0 aromatic heterocycles. The van der Waals surface area contributed by atoms with Crippen LogP contribution in [0.5, 0.6) is 0 Å². The summed E-state index contributed by atoms with van der Waals surface area (Å²) in [6.45, 7) is 6.34. The van der Waals surface area contributed by atoms with E-state index in [1.165, 1.54) is 15.9 Å². The fourth-order valence-corrected chi connectivity index (χ4v) is 12.9. The van der Waals surface area contributed by atoms with Gasteiger partial charge in [-0.1, -0.05) is 68.4 Å². The van der Waals surface area contributed by atoms with Gasteiger partial charge < -0.3 is 14.2 Å². The Bertz CT molecular complexity index is 1340. The number of hydrogen-bond acceptors (Lipinski definition) is 6. The number of carbonyl (C=O) groups excluding carboxylic acids is 1. The first kappa shape index (κ1) is 30.1. The Kier molecular flexibility index (Phi) is 8.18. The molecule has 0 N–H and O–H groups in total. The molecule has 44 heavy (non-hydrogen) atoms. The summed E-state index contributed by atoms with van der Waals surface area (Å²) in [6, 6.07) is 32.4. The van der Waals surface area contributed by atoms with E-state index in [2.05, 4.69) is 105 Å². The molecule has 1 spiro atoms. The van der Waals surface area contributed by atoms with Gasteiger partial charge >= 0.3 is 5.97 Å². The van der Waals surface area contributed by atoms with Crippen molar-refractivity contribution >= 4 is 29.1 Å². The summed E-state index contributed by atoms with van der Waals surface area (Å²) in [7, 11) is -2.01. The SMILES string of the molecule is C[C@H]1[C@H](OC(=O)CCC[P+](c2ccccc2)(c2ccccc2)c2ccccc2)O[C@@H]2O[C@@]3(C)CC[C@H]4[C@H](C)CC[C@@H]1[C@@]24OO3. The van der Waals surface area contributed by atoms with Crippen LogP contribution in [0.25, 0.3) is 0 Å². The summed E-state index contributed by atoms with van der Waals surface area (Å²) in [5, 5.41) is 3.95. The molecule has 3 aromatic carbocycles. The fourth-order valence-electron chi connectivity index (χ4n) is 8.54. The van der Waals surface area contributed by atoms with Gasteiger partial charge in [0.05, 0.1) is 6.16 Å². The van der Waals surface area contributed by atoms with Crippen molar-refractivity contribution in [2.45, 2.75) is 83.3 Å². The van der Waals surface area contributed by atoms with Gasteiger partial charge in [-0.05, 0) is 80.8 Å². The summed E-state index contributed by atoms with van der Waals surface area (Å²) in [5.41, 5.74) is -0.666. The molecule has 232 valence electrons. The van der Waals surface area contributed by atoms with Crippen molar-refractivity contribution in [3.05, 3.63) is 91.0 Å². The summed E-state index contributed by atoms with van der Waals surface area (Å²) < 4.78 is 19.1. The Morgan fingerprint density at radius 1 is 0.818 bits per heavy atom. The lowest BCUT2D eigenvalue weighted by atomic mass is 9.58. The minimum absolute atomic E-state index is 0.0376. The first-order valence-electron chi connectivity index (χ1n) is 16.3. The van der Waals surface area contributed by atoms with Crippen LogP contribution in [-0.2, 0) is 28.8 Å². The maximum Gasteiger partial charge on any atom is 0.308 e. The molecule has 0 amide bonds. The molecule has 1 saturated carbocycles. The highest BCUT2D eigenvalue weighted by atomic mass is 31.2. The van der Waals surface area contributed by atoms with Gasteiger partial charge in [0.1, 0.15) is 23.2 Å². The largest absolute Gasteiger partial charge is 0.435 e. The quantitative estimate of drug-likeness (QED) is 0.164. The second-order valence-corrected chi connectivity index (χ2v) is 17.0. The molecular formula is C37H44O6P+. The Morgan fingerprint density at radius 2 is 1.41 bits per heavy atom. The fraction of sp³-hybridized carbons (Fsp3) is 0.486. The van der Waals surface area contributed by atoms with Crippen LogP contribution in [0.3, 0.4) is 0 Å². The average molecular weight is 616 g/mol. The molecule has 6 nitrogen and oxygen atoms in total. The van der Waals surface area contributed by atoms with Gasteiger partial charge in [0.2, 0.25) is 12.1 Å². The number of fused-ring (bicyclic) bond motifs is 2. The predicted molar refractivity (Wildman–Crippen MR) is 172 cm³/mol. The van der Waals surface area contributed by atoms with Crippen molar-refractivity contribution < 1.29 is 28.8 Å². The van der Waals surface area contributed by atoms with Crippen LogP contribution < -0.4 is 15.9 Å². The molecule has 1 aliphatic carbocycles. The predicted octanol–water partition coefficient (Wildman–Crippen LogP) is 6.51. The van der Waals surface area contributed by atoms with Crippen molar-refractivity contribution in [2.24, 2.45) is 23.7 Å². The van der Waals surface area contributed by atoms with Gasteiger partial charge in [0, 0.05) is 24.7 Å². The van der Waals surface area contributed by atoms with Crippen LogP contribution in [0.4, 0.5) is 0 Å². The van der Waals surface area contributed by atoms with Gasteiger partial charge in [0.15, 0.2) is 11.9 Å². The zero-order valence-electron chi connectivity index (χ0n) is 26.0. The topological polar surface area (TPSA) is 63.2 Å².